The maximum atomic E-state index is 12.6. The number of amides is 1. The summed E-state index contributed by atoms with van der Waals surface area (Å²) in [7, 11) is 0. The van der Waals surface area contributed by atoms with Crippen LogP contribution >= 0.6 is 11.5 Å². The molecule has 144 valence electrons. The molecule has 2 aromatic rings. The second kappa shape index (κ2) is 8.83. The number of rotatable bonds is 5. The molecule has 2 fully saturated rings. The fourth-order valence-electron chi connectivity index (χ4n) is 4.12. The van der Waals surface area contributed by atoms with Crippen molar-refractivity contribution in [2.75, 3.05) is 18.0 Å². The van der Waals surface area contributed by atoms with Crippen LogP contribution in [0.2, 0.25) is 0 Å². The zero-order valence-electron chi connectivity index (χ0n) is 15.8. The molecule has 0 bridgehead atoms. The summed E-state index contributed by atoms with van der Waals surface area (Å²) in [6.45, 7) is 1.78. The summed E-state index contributed by atoms with van der Waals surface area (Å²) in [4.78, 5) is 19.6. The van der Waals surface area contributed by atoms with E-state index in [1.165, 1.54) is 36.4 Å². The smallest absolute Gasteiger partial charge is 0.223 e. The average molecular weight is 385 g/mol. The lowest BCUT2D eigenvalue weighted by Crippen LogP contribution is -2.44. The third-order valence-corrected chi connectivity index (χ3v) is 6.57. The Kier molecular flexibility index (Phi) is 6.02. The summed E-state index contributed by atoms with van der Waals surface area (Å²) in [6.07, 6.45) is 8.73. The van der Waals surface area contributed by atoms with Gasteiger partial charge in [0.25, 0.3) is 0 Å². The molecule has 6 heteroatoms. The van der Waals surface area contributed by atoms with Crippen molar-refractivity contribution in [2.24, 2.45) is 5.92 Å². The second-order valence-corrected chi connectivity index (χ2v) is 8.49. The van der Waals surface area contributed by atoms with Gasteiger partial charge in [0.15, 0.2) is 0 Å². The van der Waals surface area contributed by atoms with Gasteiger partial charge in [-0.05, 0) is 31.2 Å². The Morgan fingerprint density at radius 3 is 2.56 bits per heavy atom. The van der Waals surface area contributed by atoms with Gasteiger partial charge in [0.2, 0.25) is 11.0 Å². The lowest BCUT2D eigenvalue weighted by molar-refractivity contribution is -0.126. The van der Waals surface area contributed by atoms with Crippen LogP contribution in [0.5, 0.6) is 0 Å². The minimum atomic E-state index is 0.153. The molecule has 0 spiro atoms. The molecule has 2 heterocycles. The van der Waals surface area contributed by atoms with Crippen molar-refractivity contribution >= 4 is 22.6 Å². The molecule has 1 saturated heterocycles. The van der Waals surface area contributed by atoms with E-state index in [4.69, 9.17) is 4.98 Å². The first kappa shape index (κ1) is 18.4. The van der Waals surface area contributed by atoms with Gasteiger partial charge in [0.1, 0.15) is 5.82 Å². The molecule has 0 unspecified atom stereocenters. The van der Waals surface area contributed by atoms with Crippen LogP contribution in [0.4, 0.5) is 5.13 Å². The molecule has 1 aliphatic heterocycles. The monoisotopic (exact) mass is 384 g/mol. The van der Waals surface area contributed by atoms with E-state index in [1.54, 1.807) is 0 Å². The van der Waals surface area contributed by atoms with Crippen LogP contribution in [-0.2, 0) is 11.2 Å². The number of nitrogens with zero attached hydrogens (tertiary/aromatic N) is 3. The molecule has 4 rings (SSSR count). The first-order chi connectivity index (χ1) is 13.3. The van der Waals surface area contributed by atoms with Gasteiger partial charge in [-0.1, -0.05) is 49.6 Å². The summed E-state index contributed by atoms with van der Waals surface area (Å²) in [5.74, 6) is 1.31. The second-order valence-electron chi connectivity index (χ2n) is 7.76. The van der Waals surface area contributed by atoms with Gasteiger partial charge in [0.05, 0.1) is 0 Å². The molecule has 0 radical (unpaired) electrons. The number of hydrogen-bond donors (Lipinski definition) is 1. The number of aromatic nitrogens is 2. The number of carbonyl (C=O) groups excluding carboxylic acids is 1. The van der Waals surface area contributed by atoms with Crippen LogP contribution in [0.1, 0.15) is 56.3 Å². The topological polar surface area (TPSA) is 58.1 Å². The van der Waals surface area contributed by atoms with E-state index in [-0.39, 0.29) is 11.8 Å². The average Bonchev–Trinajstić information content (AvgIpc) is 3.18. The van der Waals surface area contributed by atoms with Crippen LogP contribution < -0.4 is 10.2 Å². The van der Waals surface area contributed by atoms with Crippen LogP contribution in [0.3, 0.4) is 0 Å². The predicted molar refractivity (Wildman–Crippen MR) is 109 cm³/mol. The van der Waals surface area contributed by atoms with Crippen molar-refractivity contribution < 1.29 is 4.79 Å². The maximum absolute atomic E-state index is 12.6. The predicted octanol–water partition coefficient (Wildman–Crippen LogP) is 3.79. The normalized spacial score (nSPS) is 19.2. The molecule has 0 atom stereocenters. The van der Waals surface area contributed by atoms with Crippen molar-refractivity contribution in [3.63, 3.8) is 0 Å². The van der Waals surface area contributed by atoms with E-state index in [9.17, 15) is 4.79 Å². The Balaban J connectivity index is 1.27. The fraction of sp³-hybridized carbons (Fsp3) is 0.571. The van der Waals surface area contributed by atoms with Gasteiger partial charge in [0, 0.05) is 43.0 Å². The van der Waals surface area contributed by atoms with Gasteiger partial charge >= 0.3 is 0 Å². The molecular formula is C21H28N4OS. The number of nitrogens with one attached hydrogen (secondary N) is 1. The molecule has 5 nitrogen and oxygen atoms in total. The quantitative estimate of drug-likeness (QED) is 0.852. The van der Waals surface area contributed by atoms with Gasteiger partial charge < -0.3 is 10.2 Å². The van der Waals surface area contributed by atoms with Crippen LogP contribution in [0.25, 0.3) is 0 Å². The number of anilines is 1. The Bertz CT molecular complexity index is 734. The highest BCUT2D eigenvalue weighted by Gasteiger charge is 2.28. The van der Waals surface area contributed by atoms with E-state index >= 15 is 0 Å². The summed E-state index contributed by atoms with van der Waals surface area (Å²) in [5.41, 5.74) is 1.24. The minimum Gasteiger partial charge on any atom is -0.353 e. The molecule has 2 aliphatic rings. The highest BCUT2D eigenvalue weighted by Crippen LogP contribution is 2.26. The fourth-order valence-corrected chi connectivity index (χ4v) is 4.86. The summed E-state index contributed by atoms with van der Waals surface area (Å²) < 4.78 is 4.53. The first-order valence-electron chi connectivity index (χ1n) is 10.2. The van der Waals surface area contributed by atoms with E-state index in [0.717, 1.165) is 56.1 Å². The van der Waals surface area contributed by atoms with Gasteiger partial charge in [-0.2, -0.15) is 4.37 Å². The van der Waals surface area contributed by atoms with E-state index in [2.05, 4.69) is 26.7 Å². The Morgan fingerprint density at radius 2 is 1.81 bits per heavy atom. The summed E-state index contributed by atoms with van der Waals surface area (Å²) in [6, 6.07) is 10.7. The molecule has 1 aromatic carbocycles. The lowest BCUT2D eigenvalue weighted by atomic mass is 9.92. The van der Waals surface area contributed by atoms with Gasteiger partial charge in [-0.25, -0.2) is 4.98 Å². The Hall–Kier alpha value is -1.95. The number of benzene rings is 1. The van der Waals surface area contributed by atoms with Gasteiger partial charge in [-0.15, -0.1) is 0 Å². The van der Waals surface area contributed by atoms with Gasteiger partial charge in [-0.3, -0.25) is 4.79 Å². The molecule has 1 aromatic heterocycles. The highest BCUT2D eigenvalue weighted by atomic mass is 32.1. The first-order valence-corrected chi connectivity index (χ1v) is 11.0. The number of piperidine rings is 1. The van der Waals surface area contributed by atoms with Crippen molar-refractivity contribution in [3.05, 3.63) is 41.7 Å². The van der Waals surface area contributed by atoms with Crippen molar-refractivity contribution in [2.45, 2.75) is 57.4 Å². The highest BCUT2D eigenvalue weighted by molar-refractivity contribution is 7.09. The number of hydrogen-bond acceptors (Lipinski definition) is 5. The Labute approximate surface area is 165 Å². The minimum absolute atomic E-state index is 0.153. The largest absolute Gasteiger partial charge is 0.353 e. The third-order valence-electron chi connectivity index (χ3n) is 5.75. The third kappa shape index (κ3) is 4.86. The van der Waals surface area contributed by atoms with Crippen LogP contribution in [-0.4, -0.2) is 34.4 Å². The standard InChI is InChI=1S/C21H28N4OS/c26-20(22-18-9-5-2-6-10-18)17-11-13-25(14-12-17)21-23-19(24-27-21)15-16-7-3-1-4-8-16/h1,3-4,7-8,17-18H,2,5-6,9-15H2,(H,22,26). The molecule has 27 heavy (non-hydrogen) atoms. The number of carbonyl (C=O) groups is 1. The lowest BCUT2D eigenvalue weighted by Gasteiger charge is -2.32. The van der Waals surface area contributed by atoms with Crippen molar-refractivity contribution in [1.29, 1.82) is 0 Å². The summed E-state index contributed by atoms with van der Waals surface area (Å²) >= 11 is 1.48. The maximum Gasteiger partial charge on any atom is 0.223 e. The molecule has 1 saturated carbocycles. The summed E-state index contributed by atoms with van der Waals surface area (Å²) in [5, 5.41) is 4.28. The zero-order valence-corrected chi connectivity index (χ0v) is 16.6. The zero-order chi connectivity index (χ0) is 18.5. The van der Waals surface area contributed by atoms with Crippen molar-refractivity contribution in [3.8, 4) is 0 Å². The molecule has 1 N–H and O–H groups in total. The van der Waals surface area contributed by atoms with Crippen LogP contribution in [0.15, 0.2) is 30.3 Å². The molecular weight excluding hydrogens is 356 g/mol. The van der Waals surface area contributed by atoms with E-state index < -0.39 is 0 Å². The van der Waals surface area contributed by atoms with E-state index in [0.29, 0.717) is 6.04 Å². The Morgan fingerprint density at radius 1 is 1.07 bits per heavy atom. The van der Waals surface area contributed by atoms with Crippen molar-refractivity contribution in [1.82, 2.24) is 14.7 Å². The SMILES string of the molecule is O=C(NC1CCCCC1)C1CCN(c2nc(Cc3ccccc3)ns2)CC1. The molecule has 1 aliphatic carbocycles. The molecule has 1 amide bonds. The van der Waals surface area contributed by atoms with Crippen LogP contribution in [0, 0.1) is 5.92 Å². The van der Waals surface area contributed by atoms with E-state index in [1.807, 2.05) is 18.2 Å².